The fourth-order valence-electron chi connectivity index (χ4n) is 2.84. The van der Waals surface area contributed by atoms with Gasteiger partial charge < -0.3 is 5.32 Å². The van der Waals surface area contributed by atoms with Crippen LogP contribution >= 0.6 is 0 Å². The largest absolute Gasteiger partial charge is 0.384 e. The number of pyridine rings is 1. The van der Waals surface area contributed by atoms with Crippen LogP contribution in [0.3, 0.4) is 0 Å². The lowest BCUT2D eigenvalue weighted by molar-refractivity contribution is 0.466. The Kier molecular flexibility index (Phi) is 3.76. The molecule has 0 saturated heterocycles. The van der Waals surface area contributed by atoms with Crippen LogP contribution in [0.4, 0.5) is 11.4 Å². The summed E-state index contributed by atoms with van der Waals surface area (Å²) >= 11 is 0. The van der Waals surface area contributed by atoms with Crippen LogP contribution in [0, 0.1) is 5.41 Å². The third-order valence-electron chi connectivity index (χ3n) is 4.18. The quantitative estimate of drug-likeness (QED) is 0.377. The Morgan fingerprint density at radius 2 is 2.09 bits per heavy atom. The Morgan fingerprint density at radius 3 is 2.87 bits per heavy atom. The number of anilines is 1. The summed E-state index contributed by atoms with van der Waals surface area (Å²) in [5, 5.41) is 15.5. The Labute approximate surface area is 134 Å². The SMILES string of the molecule is CC1(C)CCNc2ccc(C(=N)c3ccccc3N=[N+]=[N-])nc21. The number of nitrogens with one attached hydrogen (secondary N) is 2. The van der Waals surface area contributed by atoms with Crippen LogP contribution in [-0.4, -0.2) is 17.2 Å². The van der Waals surface area contributed by atoms with Gasteiger partial charge in [-0.25, -0.2) is 4.98 Å². The first-order chi connectivity index (χ1) is 11.0. The number of hydrogen-bond donors (Lipinski definition) is 2. The molecule has 0 fully saturated rings. The van der Waals surface area contributed by atoms with Gasteiger partial charge in [-0.15, -0.1) is 0 Å². The molecule has 0 unspecified atom stereocenters. The maximum Gasteiger partial charge on any atom is 0.0890 e. The van der Waals surface area contributed by atoms with Gasteiger partial charge in [-0.3, -0.25) is 5.41 Å². The van der Waals surface area contributed by atoms with Crippen molar-refractivity contribution in [3.8, 4) is 0 Å². The number of fused-ring (bicyclic) bond motifs is 1. The van der Waals surface area contributed by atoms with Crippen molar-refractivity contribution in [2.75, 3.05) is 11.9 Å². The second kappa shape index (κ2) is 5.74. The topological polar surface area (TPSA) is 97.5 Å². The lowest BCUT2D eigenvalue weighted by Gasteiger charge is -2.32. The number of azide groups is 1. The highest BCUT2D eigenvalue weighted by Crippen LogP contribution is 2.35. The summed E-state index contributed by atoms with van der Waals surface area (Å²) in [4.78, 5) is 7.56. The molecule has 1 aromatic heterocycles. The molecule has 23 heavy (non-hydrogen) atoms. The Hall–Kier alpha value is -2.85. The molecule has 0 amide bonds. The maximum atomic E-state index is 8.69. The summed E-state index contributed by atoms with van der Waals surface area (Å²) in [6, 6.07) is 10.9. The zero-order valence-electron chi connectivity index (χ0n) is 13.2. The number of hydrogen-bond acceptors (Lipinski definition) is 4. The van der Waals surface area contributed by atoms with Crippen LogP contribution < -0.4 is 5.32 Å². The van der Waals surface area contributed by atoms with Crippen molar-refractivity contribution in [2.24, 2.45) is 5.11 Å². The molecular weight excluding hydrogens is 288 g/mol. The maximum absolute atomic E-state index is 8.69. The van der Waals surface area contributed by atoms with E-state index in [0.29, 0.717) is 16.9 Å². The van der Waals surface area contributed by atoms with Crippen molar-refractivity contribution < 1.29 is 0 Å². The minimum Gasteiger partial charge on any atom is -0.384 e. The highest BCUT2D eigenvalue weighted by molar-refractivity contribution is 6.12. The third kappa shape index (κ3) is 2.76. The Bertz CT molecular complexity index is 818. The fraction of sp³-hybridized carbons (Fsp3) is 0.294. The second-order valence-corrected chi connectivity index (χ2v) is 6.23. The standard InChI is InChI=1S/C17H18N6/c1-17(2)9-10-20-14-8-7-13(21-16(14)17)15(18)11-5-3-4-6-12(11)22-23-19/h3-8,18,20H,9-10H2,1-2H3. The molecule has 6 heteroatoms. The van der Waals surface area contributed by atoms with Crippen LogP contribution in [0.5, 0.6) is 0 Å². The predicted molar refractivity (Wildman–Crippen MR) is 91.5 cm³/mol. The van der Waals surface area contributed by atoms with E-state index in [1.165, 1.54) is 0 Å². The first-order valence-electron chi connectivity index (χ1n) is 7.52. The van der Waals surface area contributed by atoms with Crippen molar-refractivity contribution >= 4 is 17.1 Å². The molecule has 116 valence electrons. The molecule has 1 aromatic carbocycles. The van der Waals surface area contributed by atoms with Gasteiger partial charge >= 0.3 is 0 Å². The van der Waals surface area contributed by atoms with Gasteiger partial charge in [-0.1, -0.05) is 43.2 Å². The van der Waals surface area contributed by atoms with Gasteiger partial charge in [0.2, 0.25) is 0 Å². The average molecular weight is 306 g/mol. The summed E-state index contributed by atoms with van der Waals surface area (Å²) in [5.41, 5.74) is 12.5. The zero-order chi connectivity index (χ0) is 16.4. The molecule has 2 heterocycles. The highest BCUT2D eigenvalue weighted by atomic mass is 15.1. The van der Waals surface area contributed by atoms with E-state index in [0.717, 1.165) is 24.3 Å². The van der Waals surface area contributed by atoms with Crippen molar-refractivity contribution in [3.05, 3.63) is 63.8 Å². The molecule has 1 aliphatic heterocycles. The molecule has 1 aliphatic rings. The van der Waals surface area contributed by atoms with E-state index in [1.807, 2.05) is 18.2 Å². The van der Waals surface area contributed by atoms with E-state index >= 15 is 0 Å². The number of benzene rings is 1. The fourth-order valence-corrected chi connectivity index (χ4v) is 2.84. The van der Waals surface area contributed by atoms with Crippen LogP contribution in [0.2, 0.25) is 0 Å². The van der Waals surface area contributed by atoms with E-state index in [1.54, 1.807) is 18.2 Å². The molecule has 0 aliphatic carbocycles. The normalized spacial score (nSPS) is 15.0. The van der Waals surface area contributed by atoms with Gasteiger partial charge in [0, 0.05) is 28.1 Å². The van der Waals surface area contributed by atoms with Crippen LogP contribution in [0.1, 0.15) is 37.2 Å². The summed E-state index contributed by atoms with van der Waals surface area (Å²) < 4.78 is 0. The lowest BCUT2D eigenvalue weighted by atomic mass is 9.81. The van der Waals surface area contributed by atoms with E-state index in [-0.39, 0.29) is 11.1 Å². The lowest BCUT2D eigenvalue weighted by Crippen LogP contribution is -2.30. The smallest absolute Gasteiger partial charge is 0.0890 e. The first kappa shape index (κ1) is 15.1. The summed E-state index contributed by atoms with van der Waals surface area (Å²) in [7, 11) is 0. The molecule has 0 saturated carbocycles. The van der Waals surface area contributed by atoms with E-state index < -0.39 is 0 Å². The molecule has 0 radical (unpaired) electrons. The van der Waals surface area contributed by atoms with Crippen LogP contribution in [0.25, 0.3) is 10.4 Å². The number of rotatable bonds is 3. The summed E-state index contributed by atoms with van der Waals surface area (Å²) in [6.45, 7) is 5.26. The summed E-state index contributed by atoms with van der Waals surface area (Å²) in [5.74, 6) is 0. The van der Waals surface area contributed by atoms with Crippen LogP contribution in [-0.2, 0) is 5.41 Å². The molecule has 3 rings (SSSR count). The van der Waals surface area contributed by atoms with Gasteiger partial charge in [0.25, 0.3) is 0 Å². The van der Waals surface area contributed by atoms with E-state index in [9.17, 15) is 0 Å². The van der Waals surface area contributed by atoms with Crippen molar-refractivity contribution in [1.29, 1.82) is 5.41 Å². The van der Waals surface area contributed by atoms with Crippen molar-refractivity contribution in [3.63, 3.8) is 0 Å². The van der Waals surface area contributed by atoms with Crippen molar-refractivity contribution in [1.82, 2.24) is 4.98 Å². The highest BCUT2D eigenvalue weighted by Gasteiger charge is 2.29. The minimum atomic E-state index is -0.0266. The number of nitrogens with zero attached hydrogens (tertiary/aromatic N) is 4. The van der Waals surface area contributed by atoms with Gasteiger partial charge in [0.15, 0.2) is 0 Å². The molecular formula is C17H18N6. The second-order valence-electron chi connectivity index (χ2n) is 6.23. The average Bonchev–Trinajstić information content (AvgIpc) is 2.55. The Balaban J connectivity index is 2.06. The van der Waals surface area contributed by atoms with Gasteiger partial charge in [0.05, 0.1) is 22.8 Å². The molecule has 2 N–H and O–H groups in total. The van der Waals surface area contributed by atoms with Crippen LogP contribution in [0.15, 0.2) is 41.5 Å². The van der Waals surface area contributed by atoms with Gasteiger partial charge in [-0.05, 0) is 24.1 Å². The molecule has 6 nitrogen and oxygen atoms in total. The number of aromatic nitrogens is 1. The molecule has 0 bridgehead atoms. The first-order valence-corrected chi connectivity index (χ1v) is 7.52. The Morgan fingerprint density at radius 1 is 1.30 bits per heavy atom. The minimum absolute atomic E-state index is 0.0266. The molecule has 0 spiro atoms. The molecule has 2 aromatic rings. The predicted octanol–water partition coefficient (Wildman–Crippen LogP) is 4.53. The van der Waals surface area contributed by atoms with Crippen molar-refractivity contribution in [2.45, 2.75) is 25.7 Å². The zero-order valence-corrected chi connectivity index (χ0v) is 13.2. The van der Waals surface area contributed by atoms with E-state index in [2.05, 4.69) is 29.2 Å². The third-order valence-corrected chi connectivity index (χ3v) is 4.18. The molecule has 0 atom stereocenters. The van der Waals surface area contributed by atoms with Gasteiger partial charge in [-0.2, -0.15) is 0 Å². The monoisotopic (exact) mass is 306 g/mol. The summed E-state index contributed by atoms with van der Waals surface area (Å²) in [6.07, 6.45) is 0.999. The van der Waals surface area contributed by atoms with Gasteiger partial charge in [0.1, 0.15) is 0 Å². The van der Waals surface area contributed by atoms with E-state index in [4.69, 9.17) is 15.9 Å².